The van der Waals surface area contributed by atoms with E-state index < -0.39 is 97.9 Å². The molecule has 2 heterocycles. The zero-order valence-electron chi connectivity index (χ0n) is 31.5. The summed E-state index contributed by atoms with van der Waals surface area (Å²) in [5.41, 5.74) is 2.02. The molecule has 314 valence electrons. The Hall–Kier alpha value is -5.60. The fourth-order valence-corrected chi connectivity index (χ4v) is 6.78. The SMILES string of the molecule is Cc1ccc(NC(=O)N[C@H]2[C@H](O[C@H]3[C@@H](NC(=O)c4ccc(-c5ccccc5)cc4)[C@@H](CO)OC[C@@H]3NC(=O)Nc3cccc(C(F)(F)F)c3)O[C@H](CO)[C@@H](O)[C@@H]2O)cc1. The van der Waals surface area contributed by atoms with Crippen LogP contribution >= 0.6 is 0 Å². The third-order valence-electron chi connectivity index (χ3n) is 9.92. The molecular formula is C41H44F3N5O10. The Morgan fingerprint density at radius 3 is 2.03 bits per heavy atom. The van der Waals surface area contributed by atoms with Crippen molar-refractivity contribution < 1.29 is 62.2 Å². The van der Waals surface area contributed by atoms with Gasteiger partial charge in [-0.1, -0.05) is 66.2 Å². The molecule has 0 spiro atoms. The van der Waals surface area contributed by atoms with E-state index in [4.69, 9.17) is 14.2 Å². The van der Waals surface area contributed by atoms with Crippen molar-refractivity contribution in [2.24, 2.45) is 0 Å². The van der Waals surface area contributed by atoms with E-state index in [0.29, 0.717) is 5.69 Å². The third-order valence-corrected chi connectivity index (χ3v) is 9.92. The highest BCUT2D eigenvalue weighted by Crippen LogP contribution is 2.31. The number of carbonyl (C=O) groups is 3. The van der Waals surface area contributed by atoms with Gasteiger partial charge < -0.3 is 61.2 Å². The van der Waals surface area contributed by atoms with Gasteiger partial charge in [-0.25, -0.2) is 9.59 Å². The Kier molecular flexibility index (Phi) is 13.8. The zero-order valence-corrected chi connectivity index (χ0v) is 31.5. The van der Waals surface area contributed by atoms with Gasteiger partial charge in [0.2, 0.25) is 0 Å². The molecule has 59 heavy (non-hydrogen) atoms. The molecule has 15 nitrogen and oxygen atoms in total. The van der Waals surface area contributed by atoms with Gasteiger partial charge in [-0.15, -0.1) is 0 Å². The van der Waals surface area contributed by atoms with Gasteiger partial charge in [0, 0.05) is 16.9 Å². The fourth-order valence-electron chi connectivity index (χ4n) is 6.78. The van der Waals surface area contributed by atoms with Crippen LogP contribution in [0, 0.1) is 6.92 Å². The number of anilines is 2. The lowest BCUT2D eigenvalue weighted by Crippen LogP contribution is -2.70. The van der Waals surface area contributed by atoms with Crippen molar-refractivity contribution in [2.45, 2.75) is 68.0 Å². The molecule has 18 heteroatoms. The maximum Gasteiger partial charge on any atom is 0.416 e. The number of urea groups is 2. The average Bonchev–Trinajstić information content (AvgIpc) is 3.22. The van der Waals surface area contributed by atoms with Crippen LogP contribution in [0.15, 0.2) is 103 Å². The number of hydrogen-bond acceptors (Lipinski definition) is 10. The quantitative estimate of drug-likeness (QED) is 0.107. The van der Waals surface area contributed by atoms with E-state index in [9.17, 15) is 48.0 Å². The first-order chi connectivity index (χ1) is 28.2. The Labute approximate surface area is 336 Å². The molecule has 0 aromatic heterocycles. The molecule has 2 aliphatic rings. The van der Waals surface area contributed by atoms with E-state index >= 15 is 0 Å². The number of aryl methyl sites for hydroxylation is 1. The lowest BCUT2D eigenvalue weighted by Gasteiger charge is -2.47. The number of halogens is 3. The van der Waals surface area contributed by atoms with Gasteiger partial charge in [-0.3, -0.25) is 4.79 Å². The maximum atomic E-state index is 13.8. The van der Waals surface area contributed by atoms with Crippen molar-refractivity contribution in [2.75, 3.05) is 30.5 Å². The minimum atomic E-state index is -4.69. The van der Waals surface area contributed by atoms with Crippen molar-refractivity contribution in [3.8, 4) is 11.1 Å². The van der Waals surface area contributed by atoms with E-state index in [1.165, 1.54) is 6.07 Å². The van der Waals surface area contributed by atoms with Crippen LogP contribution in [0.1, 0.15) is 21.5 Å². The van der Waals surface area contributed by atoms with Crippen LogP contribution in [0.4, 0.5) is 34.1 Å². The van der Waals surface area contributed by atoms with Gasteiger partial charge in [-0.05, 0) is 60.5 Å². The Bertz CT molecular complexity index is 2040. The van der Waals surface area contributed by atoms with Gasteiger partial charge in [0.05, 0.1) is 37.5 Å². The summed E-state index contributed by atoms with van der Waals surface area (Å²) in [7, 11) is 0. The monoisotopic (exact) mass is 823 g/mol. The number of aliphatic hydroxyl groups is 4. The van der Waals surface area contributed by atoms with Crippen LogP contribution in [0.25, 0.3) is 11.1 Å². The van der Waals surface area contributed by atoms with Gasteiger partial charge in [0.15, 0.2) is 6.29 Å². The summed E-state index contributed by atoms with van der Waals surface area (Å²) in [5, 5.41) is 55.4. The zero-order chi connectivity index (χ0) is 42.3. The summed E-state index contributed by atoms with van der Waals surface area (Å²) < 4.78 is 58.4. The standard InChI is InChI=1S/C41H44F3N5O10/c1-22-10-16-27(17-11-22)45-40(56)49-33-35(53)34(52)31(20-51)58-38(33)59-36-29(47-39(55)46-28-9-5-8-26(18-28)41(42,43)44)21-57-30(19-50)32(36)48-37(54)25-14-12-24(13-15-25)23-6-3-2-4-7-23/h2-18,29-36,38,50-53H,19-21H2,1H3,(H,48,54)(H2,45,49,56)(H2,46,47,55)/t29-,30+,31+,32-,33+,34+,35+,36+,38-/m0/s1. The summed E-state index contributed by atoms with van der Waals surface area (Å²) in [5.74, 6) is -0.653. The number of hydrogen-bond donors (Lipinski definition) is 9. The second kappa shape index (κ2) is 19.0. The molecule has 0 aliphatic carbocycles. The minimum Gasteiger partial charge on any atom is -0.394 e. The number of carbonyl (C=O) groups excluding carboxylic acids is 3. The van der Waals surface area contributed by atoms with Crippen molar-refractivity contribution >= 4 is 29.3 Å². The molecule has 6 rings (SSSR count). The van der Waals surface area contributed by atoms with E-state index in [0.717, 1.165) is 34.9 Å². The Morgan fingerprint density at radius 2 is 1.37 bits per heavy atom. The minimum absolute atomic E-state index is 0.192. The van der Waals surface area contributed by atoms with Gasteiger partial charge in [0.25, 0.3) is 5.91 Å². The van der Waals surface area contributed by atoms with Crippen LogP contribution in [-0.2, 0) is 20.4 Å². The van der Waals surface area contributed by atoms with Gasteiger partial charge in [-0.2, -0.15) is 13.2 Å². The van der Waals surface area contributed by atoms with E-state index in [2.05, 4.69) is 26.6 Å². The molecule has 0 unspecified atom stereocenters. The normalized spacial score (nSPS) is 25.7. The molecule has 0 bridgehead atoms. The molecule has 2 aliphatic heterocycles. The van der Waals surface area contributed by atoms with Crippen molar-refractivity contribution in [3.05, 3.63) is 120 Å². The predicted molar refractivity (Wildman–Crippen MR) is 207 cm³/mol. The van der Waals surface area contributed by atoms with Crippen LogP contribution in [-0.4, -0.2) is 113 Å². The van der Waals surface area contributed by atoms with Gasteiger partial charge >= 0.3 is 18.2 Å². The molecule has 4 aromatic rings. The fraction of sp³-hybridized carbons (Fsp3) is 0.341. The lowest BCUT2D eigenvalue weighted by atomic mass is 9.93. The molecule has 2 fully saturated rings. The van der Waals surface area contributed by atoms with Crippen molar-refractivity contribution in [1.29, 1.82) is 0 Å². The lowest BCUT2D eigenvalue weighted by molar-refractivity contribution is -0.293. The first-order valence-corrected chi connectivity index (χ1v) is 18.6. The second-order valence-corrected chi connectivity index (χ2v) is 14.1. The van der Waals surface area contributed by atoms with E-state index in [1.807, 2.05) is 37.3 Å². The molecule has 5 amide bonds. The van der Waals surface area contributed by atoms with Crippen LogP contribution in [0.5, 0.6) is 0 Å². The third kappa shape index (κ3) is 10.7. The molecule has 9 atom stereocenters. The summed E-state index contributed by atoms with van der Waals surface area (Å²) in [4.78, 5) is 40.5. The largest absolute Gasteiger partial charge is 0.416 e. The van der Waals surface area contributed by atoms with Gasteiger partial charge in [0.1, 0.15) is 36.6 Å². The molecule has 2 saturated heterocycles. The number of alkyl halides is 3. The highest BCUT2D eigenvalue weighted by molar-refractivity contribution is 5.95. The summed E-state index contributed by atoms with van der Waals surface area (Å²) in [6, 6.07) is 20.7. The highest BCUT2D eigenvalue weighted by atomic mass is 19.4. The first kappa shape index (κ1) is 43.0. The number of aliphatic hydroxyl groups excluding tert-OH is 4. The summed E-state index contributed by atoms with van der Waals surface area (Å²) in [6.07, 6.45) is -14.0. The molecule has 0 saturated carbocycles. The summed E-state index contributed by atoms with van der Waals surface area (Å²) >= 11 is 0. The maximum absolute atomic E-state index is 13.8. The second-order valence-electron chi connectivity index (χ2n) is 14.1. The van der Waals surface area contributed by atoms with Crippen molar-refractivity contribution in [3.63, 3.8) is 0 Å². The number of amides is 5. The molecule has 4 aromatic carbocycles. The Morgan fingerprint density at radius 1 is 0.729 bits per heavy atom. The number of rotatable bonds is 11. The summed E-state index contributed by atoms with van der Waals surface area (Å²) in [6.45, 7) is 0.00517. The topological polar surface area (TPSA) is 220 Å². The number of benzene rings is 4. The molecule has 0 radical (unpaired) electrons. The Balaban J connectivity index is 1.29. The molecular weight excluding hydrogens is 779 g/mol. The highest BCUT2D eigenvalue weighted by Gasteiger charge is 2.50. The van der Waals surface area contributed by atoms with E-state index in [1.54, 1.807) is 48.5 Å². The van der Waals surface area contributed by atoms with Crippen LogP contribution in [0.3, 0.4) is 0 Å². The smallest absolute Gasteiger partial charge is 0.394 e. The van der Waals surface area contributed by atoms with Crippen molar-refractivity contribution in [1.82, 2.24) is 16.0 Å². The van der Waals surface area contributed by atoms with Crippen LogP contribution in [0.2, 0.25) is 0 Å². The predicted octanol–water partition coefficient (Wildman–Crippen LogP) is 3.38. The number of ether oxygens (including phenoxy) is 3. The average molecular weight is 824 g/mol. The van der Waals surface area contributed by atoms with Crippen LogP contribution < -0.4 is 26.6 Å². The van der Waals surface area contributed by atoms with E-state index in [-0.39, 0.29) is 17.9 Å². The number of nitrogens with one attached hydrogen (secondary N) is 5. The first-order valence-electron chi connectivity index (χ1n) is 18.6. The molecule has 9 N–H and O–H groups in total.